The molecule has 11 heavy (non-hydrogen) atoms. The maximum atomic E-state index is 5.17. The Labute approximate surface area is 69.5 Å². The van der Waals surface area contributed by atoms with Gasteiger partial charge in [0.1, 0.15) is 0 Å². The van der Waals surface area contributed by atoms with Crippen LogP contribution in [0.1, 0.15) is 26.2 Å². The molecule has 0 aliphatic carbocycles. The molecule has 0 bridgehead atoms. The van der Waals surface area contributed by atoms with E-state index >= 15 is 0 Å². The predicted octanol–water partition coefficient (Wildman–Crippen LogP) is 1.51. The summed E-state index contributed by atoms with van der Waals surface area (Å²) >= 11 is 0. The summed E-state index contributed by atoms with van der Waals surface area (Å²) in [6.07, 6.45) is 3.97. The lowest BCUT2D eigenvalue weighted by Gasteiger charge is -2.25. The van der Waals surface area contributed by atoms with E-state index in [4.69, 9.17) is 4.74 Å². The van der Waals surface area contributed by atoms with E-state index in [9.17, 15) is 0 Å². The van der Waals surface area contributed by atoms with Gasteiger partial charge in [0.2, 0.25) is 0 Å². The van der Waals surface area contributed by atoms with Crippen molar-refractivity contribution in [3.8, 4) is 0 Å². The number of ether oxygens (including phenoxy) is 1. The number of hydrogen-bond donors (Lipinski definition) is 0. The van der Waals surface area contributed by atoms with Gasteiger partial charge in [0.05, 0.1) is 6.61 Å². The number of likely N-dealkylation sites (tertiary alicyclic amines) is 1. The van der Waals surface area contributed by atoms with E-state index < -0.39 is 0 Å². The Bertz CT molecular complexity index is 99.7. The Morgan fingerprint density at radius 1 is 1.36 bits per heavy atom. The summed E-state index contributed by atoms with van der Waals surface area (Å²) < 4.78 is 5.17. The Hall–Kier alpha value is -0.0800. The Morgan fingerprint density at radius 3 is 2.45 bits per heavy atom. The van der Waals surface area contributed by atoms with E-state index in [2.05, 4.69) is 11.8 Å². The summed E-state index contributed by atoms with van der Waals surface area (Å²) in [5.41, 5.74) is 0. The normalized spacial score (nSPS) is 22.4. The number of hydrogen-bond acceptors (Lipinski definition) is 2. The third-order valence-corrected chi connectivity index (χ3v) is 2.49. The molecule has 1 aliphatic heterocycles. The zero-order chi connectivity index (χ0) is 8.10. The molecule has 1 atom stereocenters. The highest BCUT2D eigenvalue weighted by atomic mass is 16.5. The van der Waals surface area contributed by atoms with E-state index in [-0.39, 0.29) is 0 Å². The monoisotopic (exact) mass is 157 g/mol. The average Bonchev–Trinajstić information content (AvgIpc) is 2.52. The van der Waals surface area contributed by atoms with Crippen molar-refractivity contribution in [2.24, 2.45) is 0 Å². The molecule has 1 fully saturated rings. The molecular formula is C9H19NO. The predicted molar refractivity (Wildman–Crippen MR) is 46.8 cm³/mol. The molecule has 66 valence electrons. The van der Waals surface area contributed by atoms with Crippen LogP contribution in [0.5, 0.6) is 0 Å². The molecule has 0 N–H and O–H groups in total. The van der Waals surface area contributed by atoms with Crippen molar-refractivity contribution in [1.82, 2.24) is 4.90 Å². The molecule has 1 rings (SSSR count). The molecule has 0 aromatic heterocycles. The lowest BCUT2D eigenvalue weighted by Crippen LogP contribution is -2.35. The summed E-state index contributed by atoms with van der Waals surface area (Å²) in [5.74, 6) is 0. The molecule has 1 heterocycles. The van der Waals surface area contributed by atoms with Crippen LogP contribution < -0.4 is 0 Å². The highest BCUT2D eigenvalue weighted by Gasteiger charge is 2.19. The first-order chi connectivity index (χ1) is 5.38. The van der Waals surface area contributed by atoms with Crippen LogP contribution in [0.2, 0.25) is 0 Å². The van der Waals surface area contributed by atoms with Gasteiger partial charge in [0, 0.05) is 13.2 Å². The third kappa shape index (κ3) is 2.46. The molecule has 0 aromatic carbocycles. The van der Waals surface area contributed by atoms with Gasteiger partial charge in [-0.3, -0.25) is 4.90 Å². The van der Waals surface area contributed by atoms with Gasteiger partial charge in [-0.05, 0) is 32.4 Å². The van der Waals surface area contributed by atoms with Gasteiger partial charge in [-0.1, -0.05) is 6.92 Å². The molecule has 1 saturated heterocycles. The Balaban J connectivity index is 2.27. The molecule has 0 amide bonds. The fourth-order valence-corrected chi connectivity index (χ4v) is 1.78. The highest BCUT2D eigenvalue weighted by Crippen LogP contribution is 2.13. The van der Waals surface area contributed by atoms with E-state index in [1.165, 1.54) is 32.4 Å². The SMILES string of the molecule is CC[C@@H](COC)N1CCCC1. The van der Waals surface area contributed by atoms with Gasteiger partial charge in [-0.2, -0.15) is 0 Å². The second-order valence-electron chi connectivity index (χ2n) is 3.26. The molecule has 0 unspecified atom stereocenters. The maximum absolute atomic E-state index is 5.17. The van der Waals surface area contributed by atoms with Crippen LogP contribution in [0.15, 0.2) is 0 Å². The Kier molecular flexibility index (Phi) is 3.87. The number of nitrogens with zero attached hydrogens (tertiary/aromatic N) is 1. The molecule has 0 radical (unpaired) electrons. The number of rotatable bonds is 4. The smallest absolute Gasteiger partial charge is 0.0617 e. The maximum Gasteiger partial charge on any atom is 0.0617 e. The first-order valence-electron chi connectivity index (χ1n) is 4.61. The summed E-state index contributed by atoms with van der Waals surface area (Å²) in [4.78, 5) is 2.55. The van der Waals surface area contributed by atoms with Crippen molar-refractivity contribution in [3.63, 3.8) is 0 Å². The van der Waals surface area contributed by atoms with E-state index in [1.807, 2.05) is 0 Å². The van der Waals surface area contributed by atoms with Gasteiger partial charge in [0.15, 0.2) is 0 Å². The average molecular weight is 157 g/mol. The largest absolute Gasteiger partial charge is 0.383 e. The van der Waals surface area contributed by atoms with Crippen molar-refractivity contribution in [2.45, 2.75) is 32.2 Å². The molecule has 1 aliphatic rings. The van der Waals surface area contributed by atoms with E-state index in [0.29, 0.717) is 6.04 Å². The van der Waals surface area contributed by atoms with Crippen LogP contribution in [0, 0.1) is 0 Å². The fourth-order valence-electron chi connectivity index (χ4n) is 1.78. The molecule has 0 saturated carbocycles. The van der Waals surface area contributed by atoms with Crippen LogP contribution >= 0.6 is 0 Å². The Morgan fingerprint density at radius 2 is 2.00 bits per heavy atom. The quantitative estimate of drug-likeness (QED) is 0.613. The lowest BCUT2D eigenvalue weighted by molar-refractivity contribution is 0.103. The van der Waals surface area contributed by atoms with Crippen LogP contribution in [-0.2, 0) is 4.74 Å². The van der Waals surface area contributed by atoms with E-state index in [0.717, 1.165) is 6.61 Å². The van der Waals surface area contributed by atoms with Crippen molar-refractivity contribution >= 4 is 0 Å². The van der Waals surface area contributed by atoms with Gasteiger partial charge in [-0.15, -0.1) is 0 Å². The van der Waals surface area contributed by atoms with Crippen LogP contribution in [0.25, 0.3) is 0 Å². The first kappa shape index (κ1) is 9.01. The van der Waals surface area contributed by atoms with Gasteiger partial charge >= 0.3 is 0 Å². The zero-order valence-corrected chi connectivity index (χ0v) is 7.68. The molecular weight excluding hydrogens is 138 g/mol. The topological polar surface area (TPSA) is 12.5 Å². The number of methoxy groups -OCH3 is 1. The summed E-state index contributed by atoms with van der Waals surface area (Å²) in [6, 6.07) is 0.669. The molecule has 2 nitrogen and oxygen atoms in total. The zero-order valence-electron chi connectivity index (χ0n) is 7.68. The minimum Gasteiger partial charge on any atom is -0.383 e. The van der Waals surface area contributed by atoms with Crippen LogP contribution in [0.3, 0.4) is 0 Å². The molecule has 0 spiro atoms. The standard InChI is InChI=1S/C9H19NO/c1-3-9(8-11-2)10-6-4-5-7-10/h9H,3-8H2,1-2H3/t9-/m0/s1. The third-order valence-electron chi connectivity index (χ3n) is 2.49. The minimum absolute atomic E-state index is 0.669. The van der Waals surface area contributed by atoms with Gasteiger partial charge in [-0.25, -0.2) is 0 Å². The van der Waals surface area contributed by atoms with Gasteiger partial charge < -0.3 is 4.74 Å². The van der Waals surface area contributed by atoms with Crippen molar-refractivity contribution in [3.05, 3.63) is 0 Å². The lowest BCUT2D eigenvalue weighted by atomic mass is 10.2. The van der Waals surface area contributed by atoms with Crippen LogP contribution in [0.4, 0.5) is 0 Å². The summed E-state index contributed by atoms with van der Waals surface area (Å²) in [5, 5.41) is 0. The second-order valence-corrected chi connectivity index (χ2v) is 3.26. The highest BCUT2D eigenvalue weighted by molar-refractivity contribution is 4.74. The van der Waals surface area contributed by atoms with Crippen LogP contribution in [-0.4, -0.2) is 37.7 Å². The summed E-state index contributed by atoms with van der Waals surface area (Å²) in [7, 11) is 1.79. The summed E-state index contributed by atoms with van der Waals surface area (Å²) in [6.45, 7) is 5.70. The second kappa shape index (κ2) is 4.73. The van der Waals surface area contributed by atoms with Crippen molar-refractivity contribution in [1.29, 1.82) is 0 Å². The minimum atomic E-state index is 0.669. The fraction of sp³-hybridized carbons (Fsp3) is 1.00. The van der Waals surface area contributed by atoms with E-state index in [1.54, 1.807) is 7.11 Å². The van der Waals surface area contributed by atoms with Crippen molar-refractivity contribution < 1.29 is 4.74 Å². The molecule has 0 aromatic rings. The van der Waals surface area contributed by atoms with Gasteiger partial charge in [0.25, 0.3) is 0 Å². The molecule has 2 heteroatoms. The van der Waals surface area contributed by atoms with Crippen molar-refractivity contribution in [2.75, 3.05) is 26.8 Å². The first-order valence-corrected chi connectivity index (χ1v) is 4.61.